The minimum Gasteiger partial charge on any atom is -0.452 e. The monoisotopic (exact) mass is 593 g/mol. The minimum absolute atomic E-state index is 0.0534. The third kappa shape index (κ3) is 7.78. The number of carbonyl (C=O) groups excluding carboxylic acids is 6. The predicted octanol–water partition coefficient (Wildman–Crippen LogP) is 0.0588. The van der Waals surface area contributed by atoms with Gasteiger partial charge in [-0.15, -0.1) is 0 Å². The van der Waals surface area contributed by atoms with Crippen LogP contribution in [-0.4, -0.2) is 120 Å². The Morgan fingerprint density at radius 3 is 2.21 bits per heavy atom. The molecule has 3 rings (SSSR count). The minimum atomic E-state index is -1.14. The van der Waals surface area contributed by atoms with E-state index in [4.69, 9.17) is 9.47 Å². The summed E-state index contributed by atoms with van der Waals surface area (Å²) in [6, 6.07) is -3.56. The Balaban J connectivity index is 1.98. The second kappa shape index (κ2) is 14.3. The Morgan fingerprint density at radius 1 is 0.952 bits per heavy atom. The fraction of sp³-hybridized carbons (Fsp3) is 0.793. The molecule has 0 aromatic rings. The van der Waals surface area contributed by atoms with E-state index in [-0.39, 0.29) is 37.3 Å². The van der Waals surface area contributed by atoms with Crippen molar-refractivity contribution in [1.29, 1.82) is 0 Å². The maximum atomic E-state index is 13.9. The van der Waals surface area contributed by atoms with Crippen LogP contribution in [0.2, 0.25) is 0 Å². The molecule has 13 nitrogen and oxygen atoms in total. The highest BCUT2D eigenvalue weighted by Gasteiger charge is 2.44. The molecule has 0 aliphatic carbocycles. The molecule has 0 radical (unpaired) electrons. The van der Waals surface area contributed by atoms with Crippen LogP contribution in [0.1, 0.15) is 66.7 Å². The van der Waals surface area contributed by atoms with Gasteiger partial charge in [0.2, 0.25) is 23.6 Å². The van der Waals surface area contributed by atoms with Gasteiger partial charge >= 0.3 is 5.97 Å². The first-order valence-electron chi connectivity index (χ1n) is 15.0. The Kier molecular flexibility index (Phi) is 11.3. The van der Waals surface area contributed by atoms with E-state index in [0.29, 0.717) is 32.4 Å². The first-order chi connectivity index (χ1) is 19.8. The first-order valence-corrected chi connectivity index (χ1v) is 15.0. The molecule has 3 saturated heterocycles. The van der Waals surface area contributed by atoms with Crippen molar-refractivity contribution in [2.75, 3.05) is 33.8 Å². The van der Waals surface area contributed by atoms with Gasteiger partial charge in [-0.25, -0.2) is 0 Å². The largest absolute Gasteiger partial charge is 0.452 e. The molecule has 3 heterocycles. The van der Waals surface area contributed by atoms with Gasteiger partial charge in [-0.05, 0) is 31.6 Å². The topological polar surface area (TPSA) is 158 Å². The summed E-state index contributed by atoms with van der Waals surface area (Å²) in [5.74, 6) is -3.51. The molecular formula is C29H47N5O8. The quantitative estimate of drug-likeness (QED) is 0.335. The highest BCUT2D eigenvalue weighted by atomic mass is 16.6. The summed E-state index contributed by atoms with van der Waals surface area (Å²) in [4.78, 5) is 84.5. The van der Waals surface area contributed by atoms with Crippen molar-refractivity contribution in [2.45, 2.75) is 103 Å². The zero-order valence-corrected chi connectivity index (χ0v) is 25.9. The second-order valence-electron chi connectivity index (χ2n) is 12.0. The van der Waals surface area contributed by atoms with Gasteiger partial charge < -0.3 is 34.8 Å². The summed E-state index contributed by atoms with van der Waals surface area (Å²) in [5.41, 5.74) is 0. The van der Waals surface area contributed by atoms with E-state index in [1.165, 1.54) is 28.8 Å². The summed E-state index contributed by atoms with van der Waals surface area (Å²) in [6.45, 7) is 9.65. The molecule has 2 N–H and O–H groups in total. The maximum Gasteiger partial charge on any atom is 0.308 e. The number of ether oxygens (including phenoxy) is 2. The van der Waals surface area contributed by atoms with Crippen molar-refractivity contribution >= 4 is 35.5 Å². The SMILES string of the molecule is CC[C@H](C)[C@@H]1NC(=O)[C@@H]2CCCN2C(=O)[C@@H](C[C@@H]2CO2)OC(=O)CCNC(=O)[C@H](C)N(C)C(=O)[C@H](C(C)C)N(C)C1=O. The van der Waals surface area contributed by atoms with Gasteiger partial charge in [0.15, 0.2) is 6.10 Å². The normalized spacial score (nSPS) is 31.6. The summed E-state index contributed by atoms with van der Waals surface area (Å²) in [6.07, 6.45) is 0.190. The lowest BCUT2D eigenvalue weighted by Crippen LogP contribution is -2.60. The van der Waals surface area contributed by atoms with Crippen LogP contribution in [0.5, 0.6) is 0 Å². The fourth-order valence-corrected chi connectivity index (χ4v) is 5.55. The lowest BCUT2D eigenvalue weighted by molar-refractivity contribution is -0.162. The van der Waals surface area contributed by atoms with Crippen LogP contribution in [0.25, 0.3) is 0 Å². The number of likely N-dealkylation sites (N-methyl/N-ethyl adjacent to an activating group) is 2. The molecule has 0 aromatic heterocycles. The molecule has 0 aromatic carbocycles. The van der Waals surface area contributed by atoms with Crippen LogP contribution < -0.4 is 10.6 Å². The number of epoxide rings is 1. The highest BCUT2D eigenvalue weighted by molar-refractivity contribution is 5.96. The molecule has 13 heteroatoms. The van der Waals surface area contributed by atoms with Crippen molar-refractivity contribution in [1.82, 2.24) is 25.3 Å². The fourth-order valence-electron chi connectivity index (χ4n) is 5.55. The highest BCUT2D eigenvalue weighted by Crippen LogP contribution is 2.25. The molecule has 42 heavy (non-hydrogen) atoms. The summed E-state index contributed by atoms with van der Waals surface area (Å²) < 4.78 is 10.8. The number of amides is 5. The standard InChI is InChI=1S/C29H47N5O8/c1-8-17(4)23-28(39)33(7)24(16(2)3)29(40)32(6)18(5)25(36)30-12-11-22(35)42-21(14-19-15-41-19)27(38)34-13-9-10-20(34)26(37)31-23/h16-21,23-24H,8-15H2,1-7H3,(H,30,36)(H,31,37)/t17-,18-,19+,20-,21+,23-,24-/m0/s1. The first kappa shape index (κ1) is 33.3. The molecule has 7 atom stereocenters. The van der Waals surface area contributed by atoms with Crippen molar-refractivity contribution in [3.05, 3.63) is 0 Å². The zero-order chi connectivity index (χ0) is 31.3. The Morgan fingerprint density at radius 2 is 1.62 bits per heavy atom. The molecule has 0 saturated carbocycles. The number of rotatable bonds is 5. The third-order valence-electron chi connectivity index (χ3n) is 8.63. The molecule has 3 aliphatic rings. The van der Waals surface area contributed by atoms with Crippen LogP contribution >= 0.6 is 0 Å². The van der Waals surface area contributed by atoms with Crippen LogP contribution in [0.4, 0.5) is 0 Å². The van der Waals surface area contributed by atoms with Gasteiger partial charge in [-0.2, -0.15) is 0 Å². The maximum absolute atomic E-state index is 13.9. The Bertz CT molecular complexity index is 1050. The molecule has 0 spiro atoms. The van der Waals surface area contributed by atoms with E-state index in [2.05, 4.69) is 10.6 Å². The lowest BCUT2D eigenvalue weighted by Gasteiger charge is -2.38. The summed E-state index contributed by atoms with van der Waals surface area (Å²) >= 11 is 0. The third-order valence-corrected chi connectivity index (χ3v) is 8.63. The lowest BCUT2D eigenvalue weighted by atomic mass is 9.94. The van der Waals surface area contributed by atoms with Gasteiger partial charge in [-0.1, -0.05) is 34.1 Å². The Labute approximate surface area is 248 Å². The van der Waals surface area contributed by atoms with Crippen LogP contribution in [0, 0.1) is 11.8 Å². The number of hydrogen-bond donors (Lipinski definition) is 2. The van der Waals surface area contributed by atoms with Crippen LogP contribution in [0.3, 0.4) is 0 Å². The number of esters is 1. The van der Waals surface area contributed by atoms with E-state index >= 15 is 0 Å². The molecule has 5 amide bonds. The number of cyclic esters (lactones) is 1. The number of hydrogen-bond acceptors (Lipinski definition) is 8. The zero-order valence-electron chi connectivity index (χ0n) is 25.9. The van der Waals surface area contributed by atoms with Crippen molar-refractivity contribution in [2.24, 2.45) is 11.8 Å². The van der Waals surface area contributed by atoms with Crippen molar-refractivity contribution in [3.8, 4) is 0 Å². The Hall–Kier alpha value is -3.22. The van der Waals surface area contributed by atoms with E-state index in [0.717, 1.165) is 0 Å². The predicted molar refractivity (Wildman–Crippen MR) is 152 cm³/mol. The number of nitrogens with one attached hydrogen (secondary N) is 2. The molecule has 3 aliphatic heterocycles. The van der Waals surface area contributed by atoms with Crippen molar-refractivity contribution < 1.29 is 38.2 Å². The average Bonchev–Trinajstić information content (AvgIpc) is 3.63. The number of fused-ring (bicyclic) bond motifs is 1. The van der Waals surface area contributed by atoms with Gasteiger partial charge in [0.1, 0.15) is 24.2 Å². The molecule has 0 unspecified atom stereocenters. The number of carbonyl (C=O) groups is 6. The van der Waals surface area contributed by atoms with E-state index in [1.54, 1.807) is 6.92 Å². The van der Waals surface area contributed by atoms with E-state index in [1.807, 2.05) is 27.7 Å². The molecule has 3 fully saturated rings. The smallest absolute Gasteiger partial charge is 0.308 e. The molecule has 236 valence electrons. The summed E-state index contributed by atoms with van der Waals surface area (Å²) in [5, 5.41) is 5.54. The average molecular weight is 594 g/mol. The van der Waals surface area contributed by atoms with Crippen LogP contribution in [-0.2, 0) is 38.2 Å². The van der Waals surface area contributed by atoms with E-state index < -0.39 is 65.8 Å². The summed E-state index contributed by atoms with van der Waals surface area (Å²) in [7, 11) is 3.03. The van der Waals surface area contributed by atoms with Gasteiger partial charge in [0, 0.05) is 33.6 Å². The number of nitrogens with zero attached hydrogens (tertiary/aromatic N) is 3. The molecular weight excluding hydrogens is 546 g/mol. The van der Waals surface area contributed by atoms with Gasteiger partial charge in [-0.3, -0.25) is 28.8 Å². The molecule has 0 bridgehead atoms. The second-order valence-corrected chi connectivity index (χ2v) is 12.0. The van der Waals surface area contributed by atoms with Crippen molar-refractivity contribution in [3.63, 3.8) is 0 Å². The van der Waals surface area contributed by atoms with Gasteiger partial charge in [0.25, 0.3) is 5.91 Å². The van der Waals surface area contributed by atoms with Crippen LogP contribution in [0.15, 0.2) is 0 Å². The van der Waals surface area contributed by atoms with Gasteiger partial charge in [0.05, 0.1) is 19.1 Å². The van der Waals surface area contributed by atoms with E-state index in [9.17, 15) is 28.8 Å².